The highest BCUT2D eigenvalue weighted by molar-refractivity contribution is 5.73. The molecule has 2 aromatic carbocycles. The molecular weight excluding hydrogens is 393 g/mol. The number of rotatable bonds is 7. The molecule has 31 heavy (non-hydrogen) atoms. The Balaban J connectivity index is 1.54. The van der Waals surface area contributed by atoms with Gasteiger partial charge in [-0.05, 0) is 43.3 Å². The number of primary amides is 1. The average molecular weight is 422 g/mol. The Labute approximate surface area is 182 Å². The molecule has 3 aromatic rings. The molecule has 1 aliphatic heterocycles. The highest BCUT2D eigenvalue weighted by atomic mass is 19.1. The second-order valence-electron chi connectivity index (χ2n) is 8.12. The third-order valence-electron chi connectivity index (χ3n) is 5.74. The van der Waals surface area contributed by atoms with Crippen LogP contribution in [0.25, 0.3) is 16.9 Å². The Hall–Kier alpha value is -3.03. The van der Waals surface area contributed by atoms with E-state index in [0.717, 1.165) is 61.8 Å². The molecule has 1 aliphatic rings. The van der Waals surface area contributed by atoms with Gasteiger partial charge in [0, 0.05) is 63.0 Å². The van der Waals surface area contributed by atoms with Gasteiger partial charge in [0.2, 0.25) is 5.91 Å². The van der Waals surface area contributed by atoms with Crippen LogP contribution in [-0.4, -0.2) is 58.2 Å². The number of carbonyl (C=O) groups is 1. The van der Waals surface area contributed by atoms with E-state index < -0.39 is 0 Å². The smallest absolute Gasteiger partial charge is 0.218 e. The first-order valence-electron chi connectivity index (χ1n) is 10.6. The van der Waals surface area contributed by atoms with Crippen LogP contribution in [0.3, 0.4) is 0 Å². The van der Waals surface area contributed by atoms with Crippen LogP contribution in [0.15, 0.2) is 54.7 Å². The molecule has 4 rings (SSSR count). The first-order chi connectivity index (χ1) is 15.0. The lowest BCUT2D eigenvalue weighted by atomic mass is 10.1. The van der Waals surface area contributed by atoms with Gasteiger partial charge >= 0.3 is 0 Å². The zero-order valence-electron chi connectivity index (χ0n) is 17.8. The fourth-order valence-corrected chi connectivity index (χ4v) is 3.89. The van der Waals surface area contributed by atoms with Crippen molar-refractivity contribution in [2.24, 2.45) is 5.73 Å². The zero-order valence-corrected chi connectivity index (χ0v) is 17.8. The molecule has 1 saturated heterocycles. The largest absolute Gasteiger partial charge is 0.370 e. The van der Waals surface area contributed by atoms with E-state index in [1.807, 2.05) is 4.68 Å². The standard InChI is InChI=1S/C24H28FN5O/c1-18-2-8-22(9-3-18)30-17-20(24(27-30)19-4-6-21(25)7-5-19)16-29-14-12-28(13-15-29)11-10-23(26)31/h2-9,17H,10-16H2,1H3,(H2,26,31). The molecule has 0 aliphatic carbocycles. The maximum Gasteiger partial charge on any atom is 0.218 e. The molecule has 0 spiro atoms. The Morgan fingerprint density at radius 2 is 1.65 bits per heavy atom. The molecule has 6 nitrogen and oxygen atoms in total. The Morgan fingerprint density at radius 1 is 1.00 bits per heavy atom. The van der Waals surface area contributed by atoms with Gasteiger partial charge in [0.15, 0.2) is 0 Å². The minimum atomic E-state index is -0.255. The number of benzene rings is 2. The van der Waals surface area contributed by atoms with Crippen molar-refractivity contribution in [2.75, 3.05) is 32.7 Å². The number of nitrogens with zero attached hydrogens (tertiary/aromatic N) is 4. The SMILES string of the molecule is Cc1ccc(-n2cc(CN3CCN(CCC(N)=O)CC3)c(-c3ccc(F)cc3)n2)cc1. The van der Waals surface area contributed by atoms with E-state index >= 15 is 0 Å². The predicted molar refractivity (Wildman–Crippen MR) is 119 cm³/mol. The van der Waals surface area contributed by atoms with Gasteiger partial charge in [-0.3, -0.25) is 9.69 Å². The van der Waals surface area contributed by atoms with Gasteiger partial charge in [-0.2, -0.15) is 5.10 Å². The summed E-state index contributed by atoms with van der Waals surface area (Å²) < 4.78 is 15.4. The quantitative estimate of drug-likeness (QED) is 0.637. The molecule has 0 atom stereocenters. The van der Waals surface area contributed by atoms with Crippen LogP contribution >= 0.6 is 0 Å². The first-order valence-corrected chi connectivity index (χ1v) is 10.6. The van der Waals surface area contributed by atoms with Crippen LogP contribution in [0.5, 0.6) is 0 Å². The number of hydrogen-bond donors (Lipinski definition) is 1. The Kier molecular flexibility index (Phi) is 6.44. The molecule has 0 saturated carbocycles. The van der Waals surface area contributed by atoms with Gasteiger partial charge in [-0.1, -0.05) is 17.7 Å². The van der Waals surface area contributed by atoms with Crippen molar-refractivity contribution in [1.82, 2.24) is 19.6 Å². The number of hydrogen-bond acceptors (Lipinski definition) is 4. The predicted octanol–water partition coefficient (Wildman–Crippen LogP) is 2.98. The van der Waals surface area contributed by atoms with E-state index in [1.165, 1.54) is 17.7 Å². The summed E-state index contributed by atoms with van der Waals surface area (Å²) in [5.74, 6) is -0.509. The molecular formula is C24H28FN5O. The van der Waals surface area contributed by atoms with Crippen LogP contribution in [0.1, 0.15) is 17.5 Å². The van der Waals surface area contributed by atoms with Gasteiger partial charge in [0.25, 0.3) is 0 Å². The molecule has 1 aromatic heterocycles. The van der Waals surface area contributed by atoms with Gasteiger partial charge in [-0.25, -0.2) is 9.07 Å². The fourth-order valence-electron chi connectivity index (χ4n) is 3.89. The third kappa shape index (κ3) is 5.37. The molecule has 0 bridgehead atoms. The van der Waals surface area contributed by atoms with Gasteiger partial charge in [0.1, 0.15) is 5.82 Å². The van der Waals surface area contributed by atoms with E-state index in [9.17, 15) is 9.18 Å². The molecule has 162 valence electrons. The van der Waals surface area contributed by atoms with Crippen LogP contribution in [0.2, 0.25) is 0 Å². The number of amides is 1. The minimum Gasteiger partial charge on any atom is -0.370 e. The molecule has 0 radical (unpaired) electrons. The lowest BCUT2D eigenvalue weighted by molar-refractivity contribution is -0.118. The van der Waals surface area contributed by atoms with Crippen LogP contribution in [0.4, 0.5) is 4.39 Å². The second kappa shape index (κ2) is 9.41. The first kappa shape index (κ1) is 21.2. The highest BCUT2D eigenvalue weighted by Gasteiger charge is 2.20. The van der Waals surface area contributed by atoms with E-state index in [-0.39, 0.29) is 11.7 Å². The summed E-state index contributed by atoms with van der Waals surface area (Å²) in [6.07, 6.45) is 2.47. The van der Waals surface area contributed by atoms with Gasteiger partial charge in [0.05, 0.1) is 11.4 Å². The minimum absolute atomic E-state index is 0.254. The molecule has 0 unspecified atom stereocenters. The summed E-state index contributed by atoms with van der Waals surface area (Å²) in [6.45, 7) is 7.19. The highest BCUT2D eigenvalue weighted by Crippen LogP contribution is 2.26. The van der Waals surface area contributed by atoms with Crippen LogP contribution < -0.4 is 5.73 Å². The fraction of sp³-hybridized carbons (Fsp3) is 0.333. The summed E-state index contributed by atoms with van der Waals surface area (Å²) in [6, 6.07) is 14.8. The number of aryl methyl sites for hydroxylation is 1. The summed E-state index contributed by atoms with van der Waals surface area (Å²) >= 11 is 0. The molecule has 2 heterocycles. The number of nitrogens with two attached hydrogens (primary N) is 1. The Morgan fingerprint density at radius 3 is 2.29 bits per heavy atom. The van der Waals surface area contributed by atoms with Crippen molar-refractivity contribution in [3.63, 3.8) is 0 Å². The van der Waals surface area contributed by atoms with Crippen molar-refractivity contribution in [3.8, 4) is 16.9 Å². The van der Waals surface area contributed by atoms with Crippen molar-refractivity contribution < 1.29 is 9.18 Å². The van der Waals surface area contributed by atoms with Crippen LogP contribution in [0, 0.1) is 12.7 Å². The molecule has 2 N–H and O–H groups in total. The van der Waals surface area contributed by atoms with E-state index in [0.29, 0.717) is 6.42 Å². The number of carbonyl (C=O) groups excluding carboxylic acids is 1. The average Bonchev–Trinajstić information content (AvgIpc) is 3.18. The third-order valence-corrected chi connectivity index (χ3v) is 5.74. The van der Waals surface area contributed by atoms with E-state index in [4.69, 9.17) is 10.8 Å². The summed E-state index contributed by atoms with van der Waals surface area (Å²) in [5.41, 5.74) is 10.4. The normalized spacial score (nSPS) is 15.3. The number of aromatic nitrogens is 2. The van der Waals surface area contributed by atoms with Crippen molar-refractivity contribution in [3.05, 3.63) is 71.7 Å². The van der Waals surface area contributed by atoms with Crippen LogP contribution in [-0.2, 0) is 11.3 Å². The van der Waals surface area contributed by atoms with E-state index in [1.54, 1.807) is 12.1 Å². The molecule has 7 heteroatoms. The zero-order chi connectivity index (χ0) is 21.8. The molecule has 1 amide bonds. The topological polar surface area (TPSA) is 67.4 Å². The van der Waals surface area contributed by atoms with Gasteiger partial charge in [-0.15, -0.1) is 0 Å². The lowest BCUT2D eigenvalue weighted by Gasteiger charge is -2.34. The van der Waals surface area contributed by atoms with Gasteiger partial charge < -0.3 is 10.6 Å². The van der Waals surface area contributed by atoms with Crippen molar-refractivity contribution in [1.29, 1.82) is 0 Å². The summed E-state index contributed by atoms with van der Waals surface area (Å²) in [4.78, 5) is 15.7. The Bertz CT molecular complexity index is 1020. The number of piperazine rings is 1. The molecule has 1 fully saturated rings. The van der Waals surface area contributed by atoms with E-state index in [2.05, 4.69) is 47.2 Å². The van der Waals surface area contributed by atoms with Crippen molar-refractivity contribution in [2.45, 2.75) is 19.9 Å². The maximum absolute atomic E-state index is 13.5. The maximum atomic E-state index is 13.5. The summed E-state index contributed by atoms with van der Waals surface area (Å²) in [7, 11) is 0. The van der Waals surface area contributed by atoms with Crippen molar-refractivity contribution >= 4 is 5.91 Å². The lowest BCUT2D eigenvalue weighted by Crippen LogP contribution is -2.46. The second-order valence-corrected chi connectivity index (χ2v) is 8.12. The number of halogens is 1. The monoisotopic (exact) mass is 421 g/mol. The summed E-state index contributed by atoms with van der Waals surface area (Å²) in [5, 5.41) is 4.85.